The average molecular weight is 290 g/mol. The Labute approximate surface area is 124 Å². The van der Waals surface area contributed by atoms with E-state index in [1.807, 2.05) is 13.1 Å². The van der Waals surface area contributed by atoms with Crippen LogP contribution >= 0.6 is 0 Å². The molecule has 2 rings (SSSR count). The molecule has 0 aromatic carbocycles. The summed E-state index contributed by atoms with van der Waals surface area (Å²) in [6.45, 7) is 8.25. The first kappa shape index (κ1) is 15.2. The molecule has 2 aromatic rings. The summed E-state index contributed by atoms with van der Waals surface area (Å²) in [6.07, 6.45) is 3.79. The number of hydrogen-bond donors (Lipinski definition) is 1. The molecule has 7 heteroatoms. The molecule has 2 heterocycles. The van der Waals surface area contributed by atoms with Crippen LogP contribution in [0.15, 0.2) is 18.7 Å². The van der Waals surface area contributed by atoms with Gasteiger partial charge in [0.2, 0.25) is 5.91 Å². The van der Waals surface area contributed by atoms with Gasteiger partial charge in [-0.25, -0.2) is 9.67 Å². The topological polar surface area (TPSA) is 77.6 Å². The normalized spacial score (nSPS) is 13.2. The second kappa shape index (κ2) is 5.67. The van der Waals surface area contributed by atoms with Gasteiger partial charge >= 0.3 is 0 Å². The van der Waals surface area contributed by atoms with Crippen LogP contribution in [0, 0.1) is 5.41 Å². The molecule has 0 saturated heterocycles. The van der Waals surface area contributed by atoms with Gasteiger partial charge in [-0.3, -0.25) is 9.48 Å². The molecular weight excluding hydrogens is 268 g/mol. The number of hydrogen-bond acceptors (Lipinski definition) is 4. The highest BCUT2D eigenvalue weighted by Crippen LogP contribution is 2.22. The molecule has 0 aliphatic heterocycles. The lowest BCUT2D eigenvalue weighted by Gasteiger charge is -2.15. The van der Waals surface area contributed by atoms with Gasteiger partial charge in [-0.2, -0.15) is 10.2 Å². The zero-order valence-corrected chi connectivity index (χ0v) is 13.2. The molecule has 114 valence electrons. The molecule has 0 aliphatic carbocycles. The van der Waals surface area contributed by atoms with E-state index >= 15 is 0 Å². The number of aromatic nitrogens is 5. The largest absolute Gasteiger partial charge is 0.309 e. The molecule has 0 radical (unpaired) electrons. The Bertz CT molecular complexity index is 608. The van der Waals surface area contributed by atoms with Gasteiger partial charge in [0.25, 0.3) is 0 Å². The van der Waals surface area contributed by atoms with Crippen LogP contribution in [0.3, 0.4) is 0 Å². The first-order chi connectivity index (χ1) is 9.76. The van der Waals surface area contributed by atoms with Crippen LogP contribution in [0.25, 0.3) is 0 Å². The molecular formula is C14H22N6O. The number of carbonyl (C=O) groups excluding carboxylic acids is 1. The number of carbonyl (C=O) groups is 1. The Balaban J connectivity index is 2.07. The van der Waals surface area contributed by atoms with Gasteiger partial charge in [-0.15, -0.1) is 0 Å². The summed E-state index contributed by atoms with van der Waals surface area (Å²) in [4.78, 5) is 16.1. The molecule has 7 nitrogen and oxygen atoms in total. The van der Waals surface area contributed by atoms with Gasteiger partial charge in [0, 0.05) is 13.1 Å². The molecule has 0 spiro atoms. The predicted octanol–water partition coefficient (Wildman–Crippen LogP) is 1.80. The van der Waals surface area contributed by atoms with Gasteiger partial charge in [0.1, 0.15) is 24.5 Å². The maximum absolute atomic E-state index is 12.2. The standard InChI is InChI=1S/C14H22N6O/c1-10(20-9-15-8-16-20)13(21)17-12-6-11(18-19(12)5)7-14(2,3)4/h6,8-10H,7H2,1-5H3,(H,17,21). The van der Waals surface area contributed by atoms with Crippen LogP contribution in [-0.4, -0.2) is 30.5 Å². The maximum atomic E-state index is 12.2. The van der Waals surface area contributed by atoms with Gasteiger partial charge in [0.05, 0.1) is 5.69 Å². The molecule has 1 N–H and O–H groups in total. The van der Waals surface area contributed by atoms with E-state index in [9.17, 15) is 4.79 Å². The van der Waals surface area contributed by atoms with Crippen LogP contribution in [0.5, 0.6) is 0 Å². The van der Waals surface area contributed by atoms with Crippen molar-refractivity contribution in [2.45, 2.75) is 40.2 Å². The third-order valence-corrected chi connectivity index (χ3v) is 3.11. The van der Waals surface area contributed by atoms with Crippen molar-refractivity contribution in [1.82, 2.24) is 24.5 Å². The first-order valence-electron chi connectivity index (χ1n) is 6.94. The Kier molecular flexibility index (Phi) is 4.11. The molecule has 0 bridgehead atoms. The lowest BCUT2D eigenvalue weighted by Crippen LogP contribution is -2.25. The minimum absolute atomic E-state index is 0.147. The van der Waals surface area contributed by atoms with Crippen molar-refractivity contribution in [2.24, 2.45) is 12.5 Å². The SMILES string of the molecule is CC(C(=O)Nc1cc(CC(C)(C)C)nn1C)n1cncn1. The number of rotatable bonds is 4. The summed E-state index contributed by atoms with van der Waals surface area (Å²) in [6, 6.07) is 1.49. The summed E-state index contributed by atoms with van der Waals surface area (Å²) >= 11 is 0. The third kappa shape index (κ3) is 3.90. The van der Waals surface area contributed by atoms with E-state index in [4.69, 9.17) is 0 Å². The lowest BCUT2D eigenvalue weighted by atomic mass is 9.91. The number of anilines is 1. The lowest BCUT2D eigenvalue weighted by molar-refractivity contribution is -0.119. The van der Waals surface area contributed by atoms with Crippen LogP contribution in [0.2, 0.25) is 0 Å². The Hall–Kier alpha value is -2.18. The molecule has 0 fully saturated rings. The van der Waals surface area contributed by atoms with E-state index in [0.717, 1.165) is 12.1 Å². The molecule has 0 saturated carbocycles. The highest BCUT2D eigenvalue weighted by atomic mass is 16.2. The smallest absolute Gasteiger partial charge is 0.250 e. The Morgan fingerprint density at radius 3 is 2.71 bits per heavy atom. The van der Waals surface area contributed by atoms with Crippen LogP contribution in [0.4, 0.5) is 5.82 Å². The zero-order valence-electron chi connectivity index (χ0n) is 13.2. The first-order valence-corrected chi connectivity index (χ1v) is 6.94. The van der Waals surface area contributed by atoms with E-state index in [0.29, 0.717) is 5.82 Å². The van der Waals surface area contributed by atoms with E-state index in [2.05, 4.69) is 41.3 Å². The number of nitrogens with one attached hydrogen (secondary N) is 1. The fraction of sp³-hybridized carbons (Fsp3) is 0.571. The summed E-state index contributed by atoms with van der Waals surface area (Å²) in [5, 5.41) is 11.3. The van der Waals surface area contributed by atoms with E-state index in [-0.39, 0.29) is 11.3 Å². The molecule has 0 aliphatic rings. The minimum Gasteiger partial charge on any atom is -0.309 e. The van der Waals surface area contributed by atoms with Crippen molar-refractivity contribution >= 4 is 11.7 Å². The van der Waals surface area contributed by atoms with Crippen molar-refractivity contribution in [3.63, 3.8) is 0 Å². The van der Waals surface area contributed by atoms with Gasteiger partial charge in [0.15, 0.2) is 0 Å². The van der Waals surface area contributed by atoms with Crippen LogP contribution in [0.1, 0.15) is 39.4 Å². The van der Waals surface area contributed by atoms with Crippen LogP contribution in [-0.2, 0) is 18.3 Å². The van der Waals surface area contributed by atoms with Crippen molar-refractivity contribution in [3.8, 4) is 0 Å². The van der Waals surface area contributed by atoms with Crippen molar-refractivity contribution < 1.29 is 4.79 Å². The zero-order chi connectivity index (χ0) is 15.6. The van der Waals surface area contributed by atoms with E-state index in [1.165, 1.54) is 17.3 Å². The second-order valence-corrected chi connectivity index (χ2v) is 6.42. The summed E-state index contributed by atoms with van der Waals surface area (Å²) in [5.74, 6) is 0.539. The minimum atomic E-state index is -0.423. The molecule has 2 aromatic heterocycles. The van der Waals surface area contributed by atoms with Gasteiger partial charge < -0.3 is 5.32 Å². The van der Waals surface area contributed by atoms with Crippen molar-refractivity contribution in [3.05, 3.63) is 24.4 Å². The molecule has 1 unspecified atom stereocenters. The van der Waals surface area contributed by atoms with Crippen LogP contribution < -0.4 is 5.32 Å². The highest BCUT2D eigenvalue weighted by molar-refractivity contribution is 5.92. The molecule has 21 heavy (non-hydrogen) atoms. The second-order valence-electron chi connectivity index (χ2n) is 6.42. The summed E-state index contributed by atoms with van der Waals surface area (Å²) in [5.41, 5.74) is 1.12. The Morgan fingerprint density at radius 1 is 1.43 bits per heavy atom. The Morgan fingerprint density at radius 2 is 2.14 bits per heavy atom. The van der Waals surface area contributed by atoms with E-state index in [1.54, 1.807) is 11.6 Å². The molecule has 1 atom stereocenters. The summed E-state index contributed by atoms with van der Waals surface area (Å²) in [7, 11) is 1.82. The third-order valence-electron chi connectivity index (χ3n) is 3.11. The number of aryl methyl sites for hydroxylation is 1. The number of nitrogens with zero attached hydrogens (tertiary/aromatic N) is 5. The quantitative estimate of drug-likeness (QED) is 0.931. The monoisotopic (exact) mass is 290 g/mol. The maximum Gasteiger partial charge on any atom is 0.250 e. The fourth-order valence-corrected chi connectivity index (χ4v) is 2.04. The van der Waals surface area contributed by atoms with Gasteiger partial charge in [-0.1, -0.05) is 20.8 Å². The van der Waals surface area contributed by atoms with Crippen molar-refractivity contribution in [2.75, 3.05) is 5.32 Å². The number of amides is 1. The highest BCUT2D eigenvalue weighted by Gasteiger charge is 2.19. The van der Waals surface area contributed by atoms with Gasteiger partial charge in [-0.05, 0) is 18.8 Å². The van der Waals surface area contributed by atoms with E-state index < -0.39 is 6.04 Å². The fourth-order valence-electron chi connectivity index (χ4n) is 2.04. The molecule has 1 amide bonds. The van der Waals surface area contributed by atoms with Crippen molar-refractivity contribution in [1.29, 1.82) is 0 Å². The summed E-state index contributed by atoms with van der Waals surface area (Å²) < 4.78 is 3.20. The average Bonchev–Trinajstić information content (AvgIpc) is 2.97. The predicted molar refractivity (Wildman–Crippen MR) is 79.7 cm³/mol.